The molecular weight excluding hydrogens is 340 g/mol. The minimum absolute atomic E-state index is 0.0807. The third kappa shape index (κ3) is 3.82. The first-order chi connectivity index (χ1) is 11.8. The van der Waals surface area contributed by atoms with Gasteiger partial charge < -0.3 is 10.3 Å². The molecule has 3 N–H and O–H groups in total. The van der Waals surface area contributed by atoms with Crippen molar-refractivity contribution in [3.8, 4) is 11.3 Å². The standard InChI is InChI=1S/C16H18N6O2S/c1-10(8-14(17)25(2,23)24)21-15-11(4-3-6-18-15)13-9-20-16-12(22-13)5-7-19-16/h3-7,9-10,17H,8H2,1-2H3,(H,18,21)(H,19,20)/t10-/m0/s1. The van der Waals surface area contributed by atoms with Crippen molar-refractivity contribution in [2.24, 2.45) is 0 Å². The molecule has 0 amide bonds. The van der Waals surface area contributed by atoms with Gasteiger partial charge in [-0.2, -0.15) is 0 Å². The van der Waals surface area contributed by atoms with Crippen LogP contribution >= 0.6 is 0 Å². The Morgan fingerprint density at radius 1 is 1.36 bits per heavy atom. The van der Waals surface area contributed by atoms with Gasteiger partial charge >= 0.3 is 0 Å². The van der Waals surface area contributed by atoms with Gasteiger partial charge in [-0.25, -0.2) is 23.4 Å². The molecule has 3 rings (SSSR count). The number of nitrogens with zero attached hydrogens (tertiary/aromatic N) is 3. The van der Waals surface area contributed by atoms with Crippen LogP contribution in [0.15, 0.2) is 36.8 Å². The van der Waals surface area contributed by atoms with Crippen molar-refractivity contribution >= 4 is 31.9 Å². The van der Waals surface area contributed by atoms with Crippen molar-refractivity contribution in [3.63, 3.8) is 0 Å². The maximum atomic E-state index is 11.4. The van der Waals surface area contributed by atoms with Crippen LogP contribution in [0.25, 0.3) is 22.4 Å². The number of aromatic nitrogens is 4. The fraction of sp³-hybridized carbons (Fsp3) is 0.250. The van der Waals surface area contributed by atoms with Crippen LogP contribution in [0.2, 0.25) is 0 Å². The van der Waals surface area contributed by atoms with E-state index < -0.39 is 9.84 Å². The molecule has 3 aromatic heterocycles. The molecular formula is C16H18N6O2S. The molecule has 0 aromatic carbocycles. The Labute approximate surface area is 145 Å². The topological polar surface area (TPSA) is 124 Å². The van der Waals surface area contributed by atoms with Gasteiger partial charge in [0.1, 0.15) is 16.4 Å². The smallest absolute Gasteiger partial charge is 0.188 e. The van der Waals surface area contributed by atoms with Crippen LogP contribution in [0.3, 0.4) is 0 Å². The number of hydrogen-bond acceptors (Lipinski definition) is 7. The molecule has 0 radical (unpaired) electrons. The van der Waals surface area contributed by atoms with Gasteiger partial charge in [-0.1, -0.05) is 0 Å². The summed E-state index contributed by atoms with van der Waals surface area (Å²) in [7, 11) is -3.47. The third-order valence-electron chi connectivity index (χ3n) is 3.67. The van der Waals surface area contributed by atoms with Crippen molar-refractivity contribution in [2.45, 2.75) is 19.4 Å². The lowest BCUT2D eigenvalue weighted by Crippen LogP contribution is -2.24. The van der Waals surface area contributed by atoms with Gasteiger partial charge in [0.05, 0.1) is 11.9 Å². The summed E-state index contributed by atoms with van der Waals surface area (Å²) in [4.78, 5) is 16.2. The lowest BCUT2D eigenvalue weighted by atomic mass is 10.1. The molecule has 25 heavy (non-hydrogen) atoms. The highest BCUT2D eigenvalue weighted by molar-refractivity contribution is 8.05. The van der Waals surface area contributed by atoms with Crippen LogP contribution in [0.5, 0.6) is 0 Å². The number of sulfone groups is 1. The molecule has 0 aliphatic carbocycles. The molecule has 0 aliphatic heterocycles. The second-order valence-electron chi connectivity index (χ2n) is 5.81. The number of rotatable bonds is 5. The van der Waals surface area contributed by atoms with Crippen molar-refractivity contribution < 1.29 is 8.42 Å². The van der Waals surface area contributed by atoms with E-state index in [1.807, 2.05) is 12.1 Å². The molecule has 0 saturated carbocycles. The molecule has 0 spiro atoms. The van der Waals surface area contributed by atoms with E-state index >= 15 is 0 Å². The van der Waals surface area contributed by atoms with E-state index in [9.17, 15) is 8.42 Å². The largest absolute Gasteiger partial charge is 0.367 e. The lowest BCUT2D eigenvalue weighted by molar-refractivity contribution is 0.610. The summed E-state index contributed by atoms with van der Waals surface area (Å²) < 4.78 is 22.8. The third-order valence-corrected chi connectivity index (χ3v) is 4.73. The van der Waals surface area contributed by atoms with E-state index in [4.69, 9.17) is 5.41 Å². The van der Waals surface area contributed by atoms with Crippen molar-refractivity contribution in [2.75, 3.05) is 11.6 Å². The highest BCUT2D eigenvalue weighted by atomic mass is 32.2. The van der Waals surface area contributed by atoms with E-state index in [1.165, 1.54) is 0 Å². The molecule has 0 saturated heterocycles. The Morgan fingerprint density at radius 3 is 2.92 bits per heavy atom. The predicted molar refractivity (Wildman–Crippen MR) is 97.4 cm³/mol. The van der Waals surface area contributed by atoms with Crippen molar-refractivity contribution in [3.05, 3.63) is 36.8 Å². The Bertz CT molecular complexity index is 1030. The number of aromatic amines is 1. The van der Waals surface area contributed by atoms with Crippen molar-refractivity contribution in [1.82, 2.24) is 19.9 Å². The summed E-state index contributed by atoms with van der Waals surface area (Å²) in [5.74, 6) is 0.570. The second kappa shape index (κ2) is 6.60. The van der Waals surface area contributed by atoms with E-state index in [-0.39, 0.29) is 17.5 Å². The molecule has 0 unspecified atom stereocenters. The molecule has 1 atom stereocenters. The Morgan fingerprint density at radius 2 is 2.16 bits per heavy atom. The van der Waals surface area contributed by atoms with Gasteiger partial charge in [0.2, 0.25) is 0 Å². The maximum Gasteiger partial charge on any atom is 0.188 e. The number of hydrogen-bond donors (Lipinski definition) is 3. The summed E-state index contributed by atoms with van der Waals surface area (Å²) in [6, 6.07) is 5.23. The molecule has 9 heteroatoms. The monoisotopic (exact) mass is 358 g/mol. The van der Waals surface area contributed by atoms with Crippen LogP contribution < -0.4 is 5.32 Å². The molecule has 3 heterocycles. The number of fused-ring (bicyclic) bond motifs is 1. The zero-order valence-corrected chi connectivity index (χ0v) is 14.6. The molecule has 0 fully saturated rings. The van der Waals surface area contributed by atoms with Crippen LogP contribution in [0, 0.1) is 5.41 Å². The Hall–Kier alpha value is -2.81. The normalized spacial score (nSPS) is 12.9. The molecule has 0 bridgehead atoms. The van der Waals surface area contributed by atoms with Gasteiger partial charge in [0, 0.05) is 36.7 Å². The number of H-pyrrole nitrogens is 1. The fourth-order valence-corrected chi connectivity index (χ4v) is 2.95. The highest BCUT2D eigenvalue weighted by Crippen LogP contribution is 2.25. The van der Waals surface area contributed by atoms with Crippen LogP contribution in [-0.4, -0.2) is 45.7 Å². The average molecular weight is 358 g/mol. The van der Waals surface area contributed by atoms with Crippen LogP contribution in [0.4, 0.5) is 5.82 Å². The van der Waals surface area contributed by atoms with Gasteiger partial charge in [-0.3, -0.25) is 5.41 Å². The van der Waals surface area contributed by atoms with E-state index in [1.54, 1.807) is 31.6 Å². The Kier molecular flexibility index (Phi) is 4.49. The summed E-state index contributed by atoms with van der Waals surface area (Å²) >= 11 is 0. The maximum absolute atomic E-state index is 11.4. The molecule has 8 nitrogen and oxygen atoms in total. The predicted octanol–water partition coefficient (Wildman–Crippen LogP) is 2.23. The Balaban J connectivity index is 1.87. The quantitative estimate of drug-likeness (QED) is 0.474. The van der Waals surface area contributed by atoms with Crippen LogP contribution in [-0.2, 0) is 9.84 Å². The van der Waals surface area contributed by atoms with Gasteiger partial charge in [0.15, 0.2) is 15.5 Å². The lowest BCUT2D eigenvalue weighted by Gasteiger charge is -2.16. The first-order valence-electron chi connectivity index (χ1n) is 7.64. The average Bonchev–Trinajstić information content (AvgIpc) is 3.02. The molecule has 0 aliphatic rings. The summed E-state index contributed by atoms with van der Waals surface area (Å²) in [6.07, 6.45) is 6.19. The van der Waals surface area contributed by atoms with Crippen molar-refractivity contribution in [1.29, 1.82) is 5.41 Å². The SMILES string of the molecule is C[C@@H](CC(=N)S(C)(=O)=O)Nc1ncccc1-c1cnc2[nH]ccc2n1. The fourth-order valence-electron chi connectivity index (χ4n) is 2.40. The number of pyridine rings is 1. The van der Waals surface area contributed by atoms with E-state index in [0.29, 0.717) is 17.2 Å². The second-order valence-corrected chi connectivity index (χ2v) is 7.85. The summed E-state index contributed by atoms with van der Waals surface area (Å²) in [5, 5.41) is 10.5. The van der Waals surface area contributed by atoms with Gasteiger partial charge in [-0.05, 0) is 25.1 Å². The zero-order chi connectivity index (χ0) is 18.0. The first kappa shape index (κ1) is 17.0. The van der Waals surface area contributed by atoms with E-state index in [0.717, 1.165) is 17.3 Å². The van der Waals surface area contributed by atoms with Gasteiger partial charge in [-0.15, -0.1) is 0 Å². The number of nitrogens with one attached hydrogen (secondary N) is 3. The molecule has 130 valence electrons. The molecule has 3 aromatic rings. The minimum Gasteiger partial charge on any atom is -0.367 e. The summed E-state index contributed by atoms with van der Waals surface area (Å²) in [5.41, 5.74) is 2.88. The minimum atomic E-state index is -3.47. The highest BCUT2D eigenvalue weighted by Gasteiger charge is 2.17. The van der Waals surface area contributed by atoms with Crippen LogP contribution in [0.1, 0.15) is 13.3 Å². The zero-order valence-electron chi connectivity index (χ0n) is 13.8. The van der Waals surface area contributed by atoms with E-state index in [2.05, 4.69) is 25.3 Å². The summed E-state index contributed by atoms with van der Waals surface area (Å²) in [6.45, 7) is 1.80. The first-order valence-corrected chi connectivity index (χ1v) is 9.53. The number of anilines is 1. The van der Waals surface area contributed by atoms with Gasteiger partial charge in [0.25, 0.3) is 0 Å².